The Morgan fingerprint density at radius 1 is 1.32 bits per heavy atom. The third-order valence-corrected chi connectivity index (χ3v) is 2.65. The number of nitrogens with zero attached hydrogens (tertiary/aromatic N) is 1. The van der Waals surface area contributed by atoms with Gasteiger partial charge in [0, 0.05) is 11.8 Å². The molecule has 2 amide bonds. The highest BCUT2D eigenvalue weighted by Gasteiger charge is 2.24. The number of nitrogens with one attached hydrogen (secondary N) is 1. The molecule has 102 valence electrons. The van der Waals surface area contributed by atoms with Gasteiger partial charge in [0.1, 0.15) is 12.4 Å². The van der Waals surface area contributed by atoms with Gasteiger partial charge in [0.15, 0.2) is 0 Å². The number of carbonyl (C=O) groups is 2. The van der Waals surface area contributed by atoms with Gasteiger partial charge in [0.25, 0.3) is 0 Å². The van der Waals surface area contributed by atoms with Crippen LogP contribution in [-0.4, -0.2) is 39.6 Å². The molecule has 0 saturated carbocycles. The average Bonchev–Trinajstić information content (AvgIpc) is 2.45. The molecule has 0 unspecified atom stereocenters. The van der Waals surface area contributed by atoms with Crippen molar-refractivity contribution in [1.82, 2.24) is 0 Å². The minimum absolute atomic E-state index is 0.365. The third kappa shape index (κ3) is 2.70. The normalized spacial score (nSPS) is 13.1. The highest BCUT2D eigenvalue weighted by Crippen LogP contribution is 2.34. The summed E-state index contributed by atoms with van der Waals surface area (Å²) in [6, 6.07) is 4.96. The minimum atomic E-state index is -0.569. The fourth-order valence-corrected chi connectivity index (χ4v) is 1.77. The first-order chi connectivity index (χ1) is 9.15. The molecule has 1 aromatic rings. The summed E-state index contributed by atoms with van der Waals surface area (Å²) in [6.07, 6.45) is -1.01. The molecule has 0 fully saturated rings. The first kappa shape index (κ1) is 13.0. The summed E-state index contributed by atoms with van der Waals surface area (Å²) in [7, 11) is 2.61. The smallest absolute Gasteiger partial charge is 0.414 e. The molecule has 19 heavy (non-hydrogen) atoms. The van der Waals surface area contributed by atoms with E-state index in [4.69, 9.17) is 9.47 Å². The number of amides is 2. The monoisotopic (exact) mass is 266 g/mol. The fraction of sp³-hybridized carbons (Fsp3) is 0.333. The van der Waals surface area contributed by atoms with Crippen molar-refractivity contribution in [2.24, 2.45) is 0 Å². The Hall–Kier alpha value is -2.44. The van der Waals surface area contributed by atoms with E-state index >= 15 is 0 Å². The molecular weight excluding hydrogens is 252 g/mol. The van der Waals surface area contributed by atoms with Crippen LogP contribution in [0.25, 0.3) is 0 Å². The zero-order valence-electron chi connectivity index (χ0n) is 10.6. The quantitative estimate of drug-likeness (QED) is 0.839. The van der Waals surface area contributed by atoms with Crippen molar-refractivity contribution in [1.29, 1.82) is 0 Å². The summed E-state index contributed by atoms with van der Waals surface area (Å²) in [4.78, 5) is 24.2. The van der Waals surface area contributed by atoms with E-state index in [2.05, 4.69) is 10.1 Å². The van der Waals surface area contributed by atoms with Crippen LogP contribution >= 0.6 is 0 Å². The second-order valence-electron chi connectivity index (χ2n) is 3.77. The Morgan fingerprint density at radius 2 is 2.11 bits per heavy atom. The van der Waals surface area contributed by atoms with Crippen LogP contribution in [0.1, 0.15) is 0 Å². The standard InChI is InChI=1S/C12H14N2O5/c1-17-11(15)13-8-3-4-9-10(7-8)19-6-5-14(9)12(16)18-2/h3-4,7H,5-6H2,1-2H3,(H,13,15). The van der Waals surface area contributed by atoms with Crippen molar-refractivity contribution in [2.45, 2.75) is 0 Å². The van der Waals surface area contributed by atoms with Gasteiger partial charge in [-0.1, -0.05) is 0 Å². The lowest BCUT2D eigenvalue weighted by molar-refractivity contribution is 0.174. The molecule has 0 spiro atoms. The van der Waals surface area contributed by atoms with Crippen LogP contribution in [0.15, 0.2) is 18.2 Å². The number of hydrogen-bond acceptors (Lipinski definition) is 5. The van der Waals surface area contributed by atoms with E-state index in [0.717, 1.165) is 0 Å². The number of anilines is 2. The predicted octanol–water partition coefficient (Wildman–Crippen LogP) is 1.83. The first-order valence-electron chi connectivity index (χ1n) is 5.63. The summed E-state index contributed by atoms with van der Waals surface area (Å²) in [5, 5.41) is 2.52. The number of methoxy groups -OCH3 is 2. The number of rotatable bonds is 1. The predicted molar refractivity (Wildman–Crippen MR) is 67.7 cm³/mol. The molecule has 2 rings (SSSR count). The van der Waals surface area contributed by atoms with Crippen LogP contribution in [0, 0.1) is 0 Å². The maximum atomic E-state index is 11.6. The van der Waals surface area contributed by atoms with Crippen LogP contribution in [0.5, 0.6) is 5.75 Å². The number of hydrogen-bond donors (Lipinski definition) is 1. The summed E-state index contributed by atoms with van der Waals surface area (Å²) in [5.41, 5.74) is 1.13. The van der Waals surface area contributed by atoms with Gasteiger partial charge in [-0.15, -0.1) is 0 Å². The highest BCUT2D eigenvalue weighted by atomic mass is 16.5. The second-order valence-corrected chi connectivity index (χ2v) is 3.77. The lowest BCUT2D eigenvalue weighted by Crippen LogP contribution is -2.37. The SMILES string of the molecule is COC(=O)Nc1ccc2c(c1)OCCN2C(=O)OC. The third-order valence-electron chi connectivity index (χ3n) is 2.65. The molecule has 0 aliphatic carbocycles. The molecule has 1 heterocycles. The molecule has 1 aromatic carbocycles. The second kappa shape index (κ2) is 5.47. The Kier molecular flexibility index (Phi) is 3.74. The number of ether oxygens (including phenoxy) is 3. The van der Waals surface area contributed by atoms with Gasteiger partial charge in [-0.25, -0.2) is 9.59 Å². The largest absolute Gasteiger partial charge is 0.489 e. The van der Waals surface area contributed by atoms with E-state index in [1.54, 1.807) is 18.2 Å². The van der Waals surface area contributed by atoms with Gasteiger partial charge in [0.05, 0.1) is 26.5 Å². The van der Waals surface area contributed by atoms with Crippen LogP contribution in [0.4, 0.5) is 21.0 Å². The molecule has 0 saturated heterocycles. The Labute approximate surface area is 110 Å². The molecule has 1 aliphatic heterocycles. The maximum absolute atomic E-state index is 11.6. The van der Waals surface area contributed by atoms with E-state index in [1.807, 2.05) is 0 Å². The number of carbonyl (C=O) groups excluding carboxylic acids is 2. The fourth-order valence-electron chi connectivity index (χ4n) is 1.77. The first-order valence-corrected chi connectivity index (χ1v) is 5.63. The summed E-state index contributed by atoms with van der Waals surface area (Å²) in [6.45, 7) is 0.785. The molecular formula is C12H14N2O5. The average molecular weight is 266 g/mol. The van der Waals surface area contributed by atoms with Crippen LogP contribution in [-0.2, 0) is 9.47 Å². The van der Waals surface area contributed by atoms with Crippen LogP contribution in [0.3, 0.4) is 0 Å². The topological polar surface area (TPSA) is 77.1 Å². The summed E-state index contributed by atoms with van der Waals surface area (Å²) >= 11 is 0. The molecule has 1 N–H and O–H groups in total. The van der Waals surface area contributed by atoms with E-state index in [-0.39, 0.29) is 0 Å². The lowest BCUT2D eigenvalue weighted by Gasteiger charge is -2.28. The van der Waals surface area contributed by atoms with Gasteiger partial charge >= 0.3 is 12.2 Å². The van der Waals surface area contributed by atoms with Gasteiger partial charge in [-0.3, -0.25) is 10.2 Å². The van der Waals surface area contributed by atoms with Gasteiger partial charge in [0.2, 0.25) is 0 Å². The van der Waals surface area contributed by atoms with Gasteiger partial charge in [-0.05, 0) is 12.1 Å². The van der Waals surface area contributed by atoms with Crippen molar-refractivity contribution >= 4 is 23.6 Å². The highest BCUT2D eigenvalue weighted by molar-refractivity contribution is 5.92. The Balaban J connectivity index is 2.25. The van der Waals surface area contributed by atoms with Crippen LogP contribution in [0.2, 0.25) is 0 Å². The number of fused-ring (bicyclic) bond motifs is 1. The van der Waals surface area contributed by atoms with Crippen molar-refractivity contribution in [3.05, 3.63) is 18.2 Å². The Bertz CT molecular complexity index is 503. The molecule has 0 bridgehead atoms. The summed E-state index contributed by atoms with van der Waals surface area (Å²) < 4.78 is 14.7. The minimum Gasteiger partial charge on any atom is -0.489 e. The van der Waals surface area contributed by atoms with Crippen molar-refractivity contribution in [3.8, 4) is 5.75 Å². The lowest BCUT2D eigenvalue weighted by atomic mass is 10.2. The van der Waals surface area contributed by atoms with Gasteiger partial charge in [-0.2, -0.15) is 0 Å². The van der Waals surface area contributed by atoms with Crippen molar-refractivity contribution in [2.75, 3.05) is 37.6 Å². The number of benzene rings is 1. The van der Waals surface area contributed by atoms with Crippen LogP contribution < -0.4 is 15.0 Å². The van der Waals surface area contributed by atoms with E-state index in [0.29, 0.717) is 30.3 Å². The van der Waals surface area contributed by atoms with Crippen molar-refractivity contribution in [3.63, 3.8) is 0 Å². The molecule has 0 radical (unpaired) electrons. The maximum Gasteiger partial charge on any atom is 0.414 e. The van der Waals surface area contributed by atoms with Gasteiger partial charge < -0.3 is 14.2 Å². The molecule has 0 aromatic heterocycles. The van der Waals surface area contributed by atoms with Crippen molar-refractivity contribution < 1.29 is 23.8 Å². The molecule has 0 atom stereocenters. The zero-order chi connectivity index (χ0) is 13.8. The van der Waals surface area contributed by atoms with E-state index in [9.17, 15) is 9.59 Å². The summed E-state index contributed by atoms with van der Waals surface area (Å²) in [5.74, 6) is 0.505. The van der Waals surface area contributed by atoms with E-state index < -0.39 is 12.2 Å². The zero-order valence-corrected chi connectivity index (χ0v) is 10.6. The van der Waals surface area contributed by atoms with E-state index in [1.165, 1.54) is 19.1 Å². The Morgan fingerprint density at radius 3 is 2.79 bits per heavy atom. The molecule has 7 nitrogen and oxygen atoms in total. The molecule has 1 aliphatic rings. The molecule has 7 heteroatoms.